The number of pyridine rings is 1. The van der Waals surface area contributed by atoms with Gasteiger partial charge in [-0.1, -0.05) is 5.16 Å². The Balaban J connectivity index is 2.14. The highest BCUT2D eigenvalue weighted by molar-refractivity contribution is 5.98. The lowest BCUT2D eigenvalue weighted by Crippen LogP contribution is -2.44. The van der Waals surface area contributed by atoms with Gasteiger partial charge in [-0.05, 0) is 37.8 Å². The molecule has 1 aromatic rings. The minimum atomic E-state index is -0.140. The summed E-state index contributed by atoms with van der Waals surface area (Å²) in [4.78, 5) is 18.4. The van der Waals surface area contributed by atoms with Crippen molar-refractivity contribution in [1.82, 2.24) is 9.88 Å². The highest BCUT2D eigenvalue weighted by Crippen LogP contribution is 2.21. The molecule has 7 nitrogen and oxygen atoms in total. The van der Waals surface area contributed by atoms with Crippen LogP contribution in [0.3, 0.4) is 0 Å². The third kappa shape index (κ3) is 3.49. The van der Waals surface area contributed by atoms with Crippen LogP contribution in [0.2, 0.25) is 0 Å². The van der Waals surface area contributed by atoms with Crippen LogP contribution >= 0.6 is 0 Å². The number of carbonyl (C=O) groups is 1. The molecule has 1 aliphatic rings. The van der Waals surface area contributed by atoms with E-state index in [1.54, 1.807) is 17.0 Å². The Morgan fingerprint density at radius 2 is 2.29 bits per heavy atom. The van der Waals surface area contributed by atoms with Crippen LogP contribution < -0.4 is 5.73 Å². The van der Waals surface area contributed by atoms with Gasteiger partial charge in [-0.3, -0.25) is 9.78 Å². The molecule has 0 saturated carbocycles. The Kier molecular flexibility index (Phi) is 5.10. The van der Waals surface area contributed by atoms with Crippen molar-refractivity contribution in [3.05, 3.63) is 29.6 Å². The van der Waals surface area contributed by atoms with Crippen LogP contribution in [-0.2, 0) is 0 Å². The highest BCUT2D eigenvalue weighted by Gasteiger charge is 2.27. The molecule has 0 aromatic carbocycles. The van der Waals surface area contributed by atoms with E-state index in [0.29, 0.717) is 24.2 Å². The van der Waals surface area contributed by atoms with E-state index < -0.39 is 0 Å². The molecule has 1 atom stereocenters. The summed E-state index contributed by atoms with van der Waals surface area (Å²) in [5.74, 6) is -0.183. The molecule has 1 amide bonds. The first-order chi connectivity index (χ1) is 10.2. The molecule has 1 saturated heterocycles. The predicted octanol–water partition coefficient (Wildman–Crippen LogP) is 0.553. The topological polar surface area (TPSA) is 112 Å². The van der Waals surface area contributed by atoms with E-state index in [1.165, 1.54) is 6.20 Å². The number of piperidine rings is 1. The number of hydrogen-bond donors (Lipinski definition) is 3. The summed E-state index contributed by atoms with van der Waals surface area (Å²) in [5, 5.41) is 20.6. The van der Waals surface area contributed by atoms with Gasteiger partial charge in [-0.25, -0.2) is 0 Å². The first-order valence-electron chi connectivity index (χ1n) is 7.03. The van der Waals surface area contributed by atoms with Crippen LogP contribution in [0.15, 0.2) is 23.5 Å². The van der Waals surface area contributed by atoms with Gasteiger partial charge in [-0.15, -0.1) is 0 Å². The second-order valence-corrected chi connectivity index (χ2v) is 5.08. The molecule has 0 aliphatic carbocycles. The second kappa shape index (κ2) is 7.03. The van der Waals surface area contributed by atoms with Crippen LogP contribution in [0.25, 0.3) is 0 Å². The number of carbonyl (C=O) groups excluding carboxylic acids is 1. The molecule has 1 aromatic heterocycles. The molecule has 4 N–H and O–H groups in total. The van der Waals surface area contributed by atoms with E-state index in [4.69, 9.17) is 16.0 Å². The largest absolute Gasteiger partial charge is 0.409 e. The van der Waals surface area contributed by atoms with Crippen molar-refractivity contribution in [2.45, 2.75) is 31.7 Å². The molecule has 2 rings (SSSR count). The number of likely N-dealkylation sites (tertiary alicyclic amines) is 1. The Labute approximate surface area is 123 Å². The highest BCUT2D eigenvalue weighted by atomic mass is 16.4. The number of aliphatic hydroxyl groups excluding tert-OH is 1. The van der Waals surface area contributed by atoms with Gasteiger partial charge in [-0.2, -0.15) is 0 Å². The van der Waals surface area contributed by atoms with Crippen LogP contribution in [0.1, 0.15) is 41.7 Å². The molecule has 7 heteroatoms. The Bertz CT molecular complexity index is 513. The summed E-state index contributed by atoms with van der Waals surface area (Å²) >= 11 is 0. The summed E-state index contributed by atoms with van der Waals surface area (Å²) in [6, 6.07) is 3.24. The molecule has 1 unspecified atom stereocenters. The van der Waals surface area contributed by atoms with Gasteiger partial charge in [0.25, 0.3) is 5.91 Å². The maximum atomic E-state index is 12.5. The maximum absolute atomic E-state index is 12.5. The molecular weight excluding hydrogens is 272 g/mol. The zero-order chi connectivity index (χ0) is 15.2. The first kappa shape index (κ1) is 15.2. The van der Waals surface area contributed by atoms with Crippen molar-refractivity contribution in [1.29, 1.82) is 0 Å². The average molecular weight is 292 g/mol. The molecule has 0 radical (unpaired) electrons. The van der Waals surface area contributed by atoms with E-state index in [0.717, 1.165) is 19.3 Å². The van der Waals surface area contributed by atoms with E-state index >= 15 is 0 Å². The van der Waals surface area contributed by atoms with Crippen molar-refractivity contribution in [3.63, 3.8) is 0 Å². The number of aliphatic hydroxyl groups is 1. The van der Waals surface area contributed by atoms with Crippen LogP contribution in [-0.4, -0.2) is 51.1 Å². The number of amidine groups is 1. The number of oxime groups is 1. The SMILES string of the molecule is NC(=NO)c1ccc(C(=O)N2CCCCC2CCO)nc1. The monoisotopic (exact) mass is 292 g/mol. The molecule has 114 valence electrons. The van der Waals surface area contributed by atoms with Crippen molar-refractivity contribution in [2.75, 3.05) is 13.2 Å². The van der Waals surface area contributed by atoms with Gasteiger partial charge in [0.15, 0.2) is 5.84 Å². The molecular formula is C14H20N4O3. The smallest absolute Gasteiger partial charge is 0.272 e. The predicted molar refractivity (Wildman–Crippen MR) is 77.1 cm³/mol. The third-order valence-electron chi connectivity index (χ3n) is 3.74. The summed E-state index contributed by atoms with van der Waals surface area (Å²) < 4.78 is 0. The Morgan fingerprint density at radius 3 is 2.90 bits per heavy atom. The fraction of sp³-hybridized carbons (Fsp3) is 0.500. The molecule has 1 fully saturated rings. The second-order valence-electron chi connectivity index (χ2n) is 5.08. The Morgan fingerprint density at radius 1 is 1.48 bits per heavy atom. The summed E-state index contributed by atoms with van der Waals surface area (Å²) in [6.45, 7) is 0.761. The van der Waals surface area contributed by atoms with Crippen LogP contribution in [0.4, 0.5) is 0 Å². The van der Waals surface area contributed by atoms with Crippen LogP contribution in [0.5, 0.6) is 0 Å². The number of rotatable bonds is 4. The minimum absolute atomic E-state index is 0.0439. The van der Waals surface area contributed by atoms with Gasteiger partial charge in [0, 0.05) is 31.0 Å². The summed E-state index contributed by atoms with van der Waals surface area (Å²) in [7, 11) is 0. The van der Waals surface area contributed by atoms with E-state index in [2.05, 4.69) is 10.1 Å². The van der Waals surface area contributed by atoms with Gasteiger partial charge < -0.3 is 20.9 Å². The van der Waals surface area contributed by atoms with Crippen molar-refractivity contribution in [2.24, 2.45) is 10.9 Å². The van der Waals surface area contributed by atoms with Crippen molar-refractivity contribution >= 4 is 11.7 Å². The van der Waals surface area contributed by atoms with E-state index in [9.17, 15) is 4.79 Å². The molecule has 1 aliphatic heterocycles. The lowest BCUT2D eigenvalue weighted by atomic mass is 9.99. The number of nitrogens with zero attached hydrogens (tertiary/aromatic N) is 3. The van der Waals surface area contributed by atoms with Gasteiger partial charge in [0.2, 0.25) is 0 Å². The lowest BCUT2D eigenvalue weighted by molar-refractivity contribution is 0.0568. The zero-order valence-electron chi connectivity index (χ0n) is 11.8. The summed E-state index contributed by atoms with van der Waals surface area (Å²) in [6.07, 6.45) is 4.95. The Hall–Kier alpha value is -2.15. The van der Waals surface area contributed by atoms with E-state index in [-0.39, 0.29) is 24.4 Å². The first-order valence-corrected chi connectivity index (χ1v) is 7.03. The lowest BCUT2D eigenvalue weighted by Gasteiger charge is -2.35. The normalized spacial score (nSPS) is 19.6. The molecule has 0 bridgehead atoms. The fourth-order valence-corrected chi connectivity index (χ4v) is 2.59. The zero-order valence-corrected chi connectivity index (χ0v) is 11.8. The quantitative estimate of drug-likeness (QED) is 0.325. The fourth-order valence-electron chi connectivity index (χ4n) is 2.59. The summed E-state index contributed by atoms with van der Waals surface area (Å²) in [5.41, 5.74) is 6.25. The standard InChI is InChI=1S/C14H20N4O3/c15-13(17-21)10-4-5-12(16-9-10)14(20)18-7-2-1-3-11(18)6-8-19/h4-5,9,11,19,21H,1-3,6-8H2,(H2,15,17). The van der Waals surface area contributed by atoms with Crippen LogP contribution in [0, 0.1) is 0 Å². The van der Waals surface area contributed by atoms with E-state index in [1.807, 2.05) is 0 Å². The molecule has 21 heavy (non-hydrogen) atoms. The number of hydrogen-bond acceptors (Lipinski definition) is 5. The number of amides is 1. The van der Waals surface area contributed by atoms with Gasteiger partial charge in [0.05, 0.1) is 0 Å². The van der Waals surface area contributed by atoms with Crippen molar-refractivity contribution < 1.29 is 15.1 Å². The average Bonchev–Trinajstić information content (AvgIpc) is 2.54. The third-order valence-corrected chi connectivity index (χ3v) is 3.74. The molecule has 0 spiro atoms. The number of nitrogens with two attached hydrogens (primary N) is 1. The van der Waals surface area contributed by atoms with Gasteiger partial charge in [0.1, 0.15) is 5.69 Å². The minimum Gasteiger partial charge on any atom is -0.409 e. The van der Waals surface area contributed by atoms with Gasteiger partial charge >= 0.3 is 0 Å². The number of aromatic nitrogens is 1. The molecule has 2 heterocycles. The maximum Gasteiger partial charge on any atom is 0.272 e. The van der Waals surface area contributed by atoms with Crippen molar-refractivity contribution in [3.8, 4) is 0 Å².